The summed E-state index contributed by atoms with van der Waals surface area (Å²) in [5.74, 6) is 1.28. The Morgan fingerprint density at radius 1 is 1.13 bits per heavy atom. The number of carboxylic acids is 1. The van der Waals surface area contributed by atoms with E-state index in [1.165, 1.54) is 18.5 Å². The van der Waals surface area contributed by atoms with Crippen LogP contribution in [0.5, 0.6) is 5.88 Å². The van der Waals surface area contributed by atoms with Crippen molar-refractivity contribution in [3.05, 3.63) is 53.5 Å². The van der Waals surface area contributed by atoms with Gasteiger partial charge >= 0.3 is 5.97 Å². The standard InChI is InChI=1S/C25H29N3O3/c1-15-9-18(7-8-20(15)23-27-12-19(28-23)11-17-5-6-17)21-13-26-22(10-16(21)2)31-14-25(3,4)24(29)30/h7-10,12-13,17H,5-6,11,14H2,1-4H3,(H,27,28)(H,29,30). The van der Waals surface area contributed by atoms with Gasteiger partial charge in [0, 0.05) is 35.3 Å². The van der Waals surface area contributed by atoms with Crippen LogP contribution in [0.15, 0.2) is 36.7 Å². The van der Waals surface area contributed by atoms with Crippen LogP contribution in [-0.2, 0) is 11.2 Å². The van der Waals surface area contributed by atoms with Gasteiger partial charge < -0.3 is 14.8 Å². The smallest absolute Gasteiger partial charge is 0.312 e. The van der Waals surface area contributed by atoms with Crippen LogP contribution in [0.2, 0.25) is 0 Å². The van der Waals surface area contributed by atoms with Gasteiger partial charge in [-0.1, -0.05) is 18.2 Å². The van der Waals surface area contributed by atoms with Crippen molar-refractivity contribution in [2.45, 2.75) is 47.0 Å². The Kier molecular flexibility index (Phi) is 5.56. The average molecular weight is 420 g/mol. The van der Waals surface area contributed by atoms with E-state index in [2.05, 4.69) is 40.1 Å². The molecule has 0 atom stereocenters. The summed E-state index contributed by atoms with van der Waals surface area (Å²) in [5.41, 5.74) is 5.62. The van der Waals surface area contributed by atoms with Crippen LogP contribution >= 0.6 is 0 Å². The molecule has 6 heteroatoms. The molecule has 0 spiro atoms. The number of aliphatic carboxylic acids is 1. The lowest BCUT2D eigenvalue weighted by Crippen LogP contribution is -2.30. The Hall–Kier alpha value is -3.15. The number of pyridine rings is 1. The number of benzene rings is 1. The minimum Gasteiger partial charge on any atom is -0.481 e. The fourth-order valence-electron chi connectivity index (χ4n) is 3.56. The van der Waals surface area contributed by atoms with E-state index in [-0.39, 0.29) is 6.61 Å². The molecule has 0 bridgehead atoms. The molecule has 1 fully saturated rings. The molecule has 1 aliphatic carbocycles. The summed E-state index contributed by atoms with van der Waals surface area (Å²) in [5, 5.41) is 9.23. The Balaban J connectivity index is 1.51. The van der Waals surface area contributed by atoms with Crippen LogP contribution in [-0.4, -0.2) is 32.6 Å². The Morgan fingerprint density at radius 2 is 1.87 bits per heavy atom. The van der Waals surface area contributed by atoms with E-state index < -0.39 is 11.4 Å². The quantitative estimate of drug-likeness (QED) is 0.524. The highest BCUT2D eigenvalue weighted by Gasteiger charge is 2.28. The monoisotopic (exact) mass is 419 g/mol. The number of nitrogens with one attached hydrogen (secondary N) is 1. The van der Waals surface area contributed by atoms with Gasteiger partial charge in [0.2, 0.25) is 5.88 Å². The van der Waals surface area contributed by atoms with Gasteiger partial charge in [0.25, 0.3) is 0 Å². The molecule has 31 heavy (non-hydrogen) atoms. The van der Waals surface area contributed by atoms with Gasteiger partial charge in [0.1, 0.15) is 12.4 Å². The highest BCUT2D eigenvalue weighted by Crippen LogP contribution is 2.33. The molecule has 1 aromatic carbocycles. The number of H-pyrrole nitrogens is 1. The van der Waals surface area contributed by atoms with Crippen molar-refractivity contribution in [1.82, 2.24) is 15.0 Å². The third-order valence-corrected chi connectivity index (χ3v) is 5.87. The van der Waals surface area contributed by atoms with Gasteiger partial charge in [-0.2, -0.15) is 0 Å². The molecule has 0 unspecified atom stereocenters. The van der Waals surface area contributed by atoms with Crippen LogP contribution in [0.4, 0.5) is 0 Å². The number of aryl methyl sites for hydroxylation is 2. The first-order valence-electron chi connectivity index (χ1n) is 10.7. The van der Waals surface area contributed by atoms with Crippen LogP contribution in [0.25, 0.3) is 22.5 Å². The summed E-state index contributed by atoms with van der Waals surface area (Å²) in [6.07, 6.45) is 7.49. The molecule has 1 aliphatic rings. The van der Waals surface area contributed by atoms with E-state index in [9.17, 15) is 9.90 Å². The van der Waals surface area contributed by atoms with Crippen molar-refractivity contribution in [2.24, 2.45) is 11.3 Å². The Bertz CT molecular complexity index is 1110. The second-order valence-electron chi connectivity index (χ2n) is 9.25. The van der Waals surface area contributed by atoms with Crippen LogP contribution in [0.3, 0.4) is 0 Å². The molecule has 2 aromatic heterocycles. The molecule has 162 valence electrons. The molecule has 6 nitrogen and oxygen atoms in total. The first-order valence-corrected chi connectivity index (χ1v) is 10.7. The lowest BCUT2D eigenvalue weighted by atomic mass is 9.95. The van der Waals surface area contributed by atoms with Crippen molar-refractivity contribution in [3.63, 3.8) is 0 Å². The first-order chi connectivity index (χ1) is 14.7. The number of nitrogens with zero attached hydrogens (tertiary/aromatic N) is 2. The van der Waals surface area contributed by atoms with Gasteiger partial charge in [-0.25, -0.2) is 9.97 Å². The largest absolute Gasteiger partial charge is 0.481 e. The lowest BCUT2D eigenvalue weighted by molar-refractivity contribution is -0.148. The molecule has 0 radical (unpaired) electrons. The summed E-state index contributed by atoms with van der Waals surface area (Å²) in [4.78, 5) is 23.7. The molecule has 2 heterocycles. The molecule has 0 saturated heterocycles. The number of hydrogen-bond acceptors (Lipinski definition) is 4. The van der Waals surface area contributed by atoms with E-state index >= 15 is 0 Å². The maximum atomic E-state index is 11.3. The van der Waals surface area contributed by atoms with Crippen LogP contribution in [0.1, 0.15) is 43.5 Å². The predicted octanol–water partition coefficient (Wildman–Crippen LogP) is 5.20. The zero-order chi connectivity index (χ0) is 22.2. The number of rotatable bonds is 8. The summed E-state index contributed by atoms with van der Waals surface area (Å²) in [7, 11) is 0. The second-order valence-corrected chi connectivity index (χ2v) is 9.25. The summed E-state index contributed by atoms with van der Waals surface area (Å²) in [6.45, 7) is 7.43. The molecular formula is C25H29N3O3. The van der Waals surface area contributed by atoms with Crippen molar-refractivity contribution in [1.29, 1.82) is 0 Å². The average Bonchev–Trinajstić information content (AvgIpc) is 3.41. The molecule has 1 saturated carbocycles. The number of aromatic nitrogens is 3. The number of hydrogen-bond donors (Lipinski definition) is 2. The lowest BCUT2D eigenvalue weighted by Gasteiger charge is -2.19. The Labute approximate surface area is 182 Å². The van der Waals surface area contributed by atoms with Gasteiger partial charge in [0.15, 0.2) is 0 Å². The molecule has 2 N–H and O–H groups in total. The molecule has 0 amide bonds. The number of ether oxygens (including phenoxy) is 1. The third-order valence-electron chi connectivity index (χ3n) is 5.87. The SMILES string of the molecule is Cc1cc(OCC(C)(C)C(=O)O)ncc1-c1ccc(-c2ncc(CC3CC3)[nH]2)c(C)c1. The van der Waals surface area contributed by atoms with Crippen molar-refractivity contribution >= 4 is 5.97 Å². The van der Waals surface area contributed by atoms with Crippen molar-refractivity contribution in [2.75, 3.05) is 6.61 Å². The first kappa shape index (κ1) is 21.1. The highest BCUT2D eigenvalue weighted by atomic mass is 16.5. The maximum Gasteiger partial charge on any atom is 0.312 e. The van der Waals surface area contributed by atoms with E-state index in [1.54, 1.807) is 20.0 Å². The van der Waals surface area contributed by atoms with Crippen molar-refractivity contribution < 1.29 is 14.6 Å². The van der Waals surface area contributed by atoms with Crippen molar-refractivity contribution in [3.8, 4) is 28.4 Å². The van der Waals surface area contributed by atoms with Crippen LogP contribution < -0.4 is 4.74 Å². The molecule has 4 rings (SSSR count). The van der Waals surface area contributed by atoms with Gasteiger partial charge in [-0.15, -0.1) is 0 Å². The molecule has 3 aromatic rings. The minimum absolute atomic E-state index is 0.0633. The fourth-order valence-corrected chi connectivity index (χ4v) is 3.56. The second kappa shape index (κ2) is 8.17. The minimum atomic E-state index is -0.967. The number of imidazole rings is 1. The van der Waals surface area contributed by atoms with Gasteiger partial charge in [-0.05, 0) is 69.6 Å². The third kappa shape index (κ3) is 4.79. The van der Waals surface area contributed by atoms with E-state index in [1.807, 2.05) is 19.2 Å². The highest BCUT2D eigenvalue weighted by molar-refractivity contribution is 5.74. The molecular weight excluding hydrogens is 390 g/mol. The maximum absolute atomic E-state index is 11.3. The number of carboxylic acid groups (broad SMARTS) is 1. The predicted molar refractivity (Wildman–Crippen MR) is 120 cm³/mol. The van der Waals surface area contributed by atoms with E-state index in [0.717, 1.165) is 46.0 Å². The zero-order valence-corrected chi connectivity index (χ0v) is 18.5. The van der Waals surface area contributed by atoms with Gasteiger partial charge in [-0.3, -0.25) is 4.79 Å². The normalized spacial score (nSPS) is 13.9. The number of aromatic amines is 1. The molecule has 0 aliphatic heterocycles. The van der Waals surface area contributed by atoms with Gasteiger partial charge in [0.05, 0.1) is 5.41 Å². The summed E-state index contributed by atoms with van der Waals surface area (Å²) >= 11 is 0. The summed E-state index contributed by atoms with van der Waals surface area (Å²) < 4.78 is 5.63. The van der Waals surface area contributed by atoms with Crippen LogP contribution in [0, 0.1) is 25.2 Å². The fraction of sp³-hybridized carbons (Fsp3) is 0.400. The zero-order valence-electron chi connectivity index (χ0n) is 18.5. The van der Waals surface area contributed by atoms with E-state index in [0.29, 0.717) is 5.88 Å². The number of carbonyl (C=O) groups is 1. The Morgan fingerprint density at radius 3 is 2.52 bits per heavy atom. The summed E-state index contributed by atoms with van der Waals surface area (Å²) in [6, 6.07) is 8.19. The van der Waals surface area contributed by atoms with E-state index in [4.69, 9.17) is 4.74 Å². The topological polar surface area (TPSA) is 88.1 Å².